The second kappa shape index (κ2) is 7.24. The molecule has 2 aromatic rings. The van der Waals surface area contributed by atoms with E-state index in [9.17, 15) is 9.59 Å². The van der Waals surface area contributed by atoms with Crippen molar-refractivity contribution in [3.05, 3.63) is 69.2 Å². The van der Waals surface area contributed by atoms with E-state index < -0.39 is 5.97 Å². The van der Waals surface area contributed by atoms with Crippen LogP contribution < -0.4 is 0 Å². The number of nitrogens with zero attached hydrogens (tertiary/aromatic N) is 1. The minimum atomic E-state index is -0.598. The summed E-state index contributed by atoms with van der Waals surface area (Å²) in [5.41, 5.74) is 2.66. The summed E-state index contributed by atoms with van der Waals surface area (Å²) in [5, 5.41) is 0.626. The van der Waals surface area contributed by atoms with Gasteiger partial charge in [0.05, 0.1) is 15.6 Å². The Kier molecular flexibility index (Phi) is 5.07. The summed E-state index contributed by atoms with van der Waals surface area (Å²) in [4.78, 5) is 26.0. The Morgan fingerprint density at radius 1 is 1.04 bits per heavy atom. The molecular formula is C18H15Cl2NO3. The summed E-state index contributed by atoms with van der Waals surface area (Å²) in [6.07, 6.45) is 0.808. The number of fused-ring (bicyclic) bond motifs is 1. The zero-order valence-electron chi connectivity index (χ0n) is 12.8. The summed E-state index contributed by atoms with van der Waals surface area (Å²) in [7, 11) is 0. The van der Waals surface area contributed by atoms with Crippen LogP contribution >= 0.6 is 23.2 Å². The zero-order chi connectivity index (χ0) is 17.1. The fourth-order valence-electron chi connectivity index (χ4n) is 2.63. The summed E-state index contributed by atoms with van der Waals surface area (Å²) in [6, 6.07) is 12.5. The minimum Gasteiger partial charge on any atom is -0.452 e. The number of ether oxygens (including phenoxy) is 1. The van der Waals surface area contributed by atoms with E-state index in [1.54, 1.807) is 4.90 Å². The third-order valence-electron chi connectivity index (χ3n) is 3.97. The molecule has 0 bridgehead atoms. The van der Waals surface area contributed by atoms with Crippen molar-refractivity contribution in [2.24, 2.45) is 0 Å². The van der Waals surface area contributed by atoms with E-state index in [2.05, 4.69) is 6.07 Å². The molecule has 3 rings (SSSR count). The first-order valence-electron chi connectivity index (χ1n) is 7.51. The molecule has 0 aromatic heterocycles. The fraction of sp³-hybridized carbons (Fsp3) is 0.222. The molecule has 1 heterocycles. The van der Waals surface area contributed by atoms with Crippen LogP contribution in [-0.2, 0) is 22.5 Å². The van der Waals surface area contributed by atoms with Crippen LogP contribution in [-0.4, -0.2) is 29.9 Å². The van der Waals surface area contributed by atoms with Gasteiger partial charge in [0.1, 0.15) is 0 Å². The van der Waals surface area contributed by atoms with Crippen molar-refractivity contribution in [3.63, 3.8) is 0 Å². The molecule has 4 nitrogen and oxygen atoms in total. The molecule has 0 spiro atoms. The lowest BCUT2D eigenvalue weighted by atomic mass is 10.00. The van der Waals surface area contributed by atoms with E-state index in [-0.39, 0.29) is 23.1 Å². The fourth-order valence-corrected chi connectivity index (χ4v) is 2.93. The third-order valence-corrected chi connectivity index (χ3v) is 4.70. The van der Waals surface area contributed by atoms with Crippen molar-refractivity contribution >= 4 is 35.1 Å². The highest BCUT2D eigenvalue weighted by Gasteiger charge is 2.21. The second-order valence-corrected chi connectivity index (χ2v) is 6.35. The number of rotatable bonds is 3. The molecule has 0 aliphatic carbocycles. The maximum absolute atomic E-state index is 12.3. The molecule has 0 unspecified atom stereocenters. The van der Waals surface area contributed by atoms with Crippen LogP contribution in [0.3, 0.4) is 0 Å². The molecule has 6 heteroatoms. The molecule has 0 fully saturated rings. The Labute approximate surface area is 149 Å². The lowest BCUT2D eigenvalue weighted by molar-refractivity contribution is -0.135. The van der Waals surface area contributed by atoms with Crippen molar-refractivity contribution in [2.75, 3.05) is 13.2 Å². The van der Waals surface area contributed by atoms with Gasteiger partial charge in [-0.15, -0.1) is 0 Å². The first-order valence-corrected chi connectivity index (χ1v) is 8.27. The van der Waals surface area contributed by atoms with Gasteiger partial charge in [-0.1, -0.05) is 47.5 Å². The normalized spacial score (nSPS) is 13.3. The lowest BCUT2D eigenvalue weighted by Gasteiger charge is -2.28. The van der Waals surface area contributed by atoms with E-state index in [1.807, 2.05) is 18.2 Å². The molecule has 2 aromatic carbocycles. The van der Waals surface area contributed by atoms with Crippen LogP contribution in [0.4, 0.5) is 0 Å². The van der Waals surface area contributed by atoms with Gasteiger partial charge in [0.15, 0.2) is 6.61 Å². The Morgan fingerprint density at radius 2 is 1.79 bits per heavy atom. The van der Waals surface area contributed by atoms with Crippen molar-refractivity contribution in [2.45, 2.75) is 13.0 Å². The molecule has 1 amide bonds. The first kappa shape index (κ1) is 16.8. The summed E-state index contributed by atoms with van der Waals surface area (Å²) in [5.74, 6) is -0.808. The average molecular weight is 364 g/mol. The van der Waals surface area contributed by atoms with Crippen molar-refractivity contribution in [1.82, 2.24) is 4.90 Å². The quantitative estimate of drug-likeness (QED) is 0.780. The molecule has 1 aliphatic rings. The lowest BCUT2D eigenvalue weighted by Crippen LogP contribution is -2.38. The molecule has 1 aliphatic heterocycles. The Balaban J connectivity index is 1.58. The van der Waals surface area contributed by atoms with Crippen LogP contribution in [0.15, 0.2) is 42.5 Å². The van der Waals surface area contributed by atoms with Crippen LogP contribution in [0.2, 0.25) is 10.0 Å². The Hall–Kier alpha value is -2.04. The van der Waals surface area contributed by atoms with Gasteiger partial charge < -0.3 is 9.64 Å². The summed E-state index contributed by atoms with van der Waals surface area (Å²) >= 11 is 11.7. The molecule has 0 saturated carbocycles. The SMILES string of the molecule is O=C(OCC(=O)N1CCc2ccccc2C1)c1ccc(Cl)c(Cl)c1. The monoisotopic (exact) mass is 363 g/mol. The Morgan fingerprint density at radius 3 is 2.54 bits per heavy atom. The third kappa shape index (κ3) is 3.71. The van der Waals surface area contributed by atoms with E-state index >= 15 is 0 Å². The molecule has 124 valence electrons. The average Bonchev–Trinajstić information content (AvgIpc) is 2.61. The molecule has 0 atom stereocenters. The maximum atomic E-state index is 12.3. The van der Waals surface area contributed by atoms with Gasteiger partial charge in [0.2, 0.25) is 0 Å². The maximum Gasteiger partial charge on any atom is 0.338 e. The van der Waals surface area contributed by atoms with Gasteiger partial charge in [-0.25, -0.2) is 4.79 Å². The van der Waals surface area contributed by atoms with Gasteiger partial charge in [-0.3, -0.25) is 4.79 Å². The van der Waals surface area contributed by atoms with E-state index in [0.29, 0.717) is 18.1 Å². The molecule has 24 heavy (non-hydrogen) atoms. The first-order chi connectivity index (χ1) is 11.5. The number of esters is 1. The van der Waals surface area contributed by atoms with Crippen LogP contribution in [0.1, 0.15) is 21.5 Å². The highest BCUT2D eigenvalue weighted by molar-refractivity contribution is 6.42. The van der Waals surface area contributed by atoms with Gasteiger partial charge in [0.25, 0.3) is 5.91 Å². The number of hydrogen-bond acceptors (Lipinski definition) is 3. The van der Waals surface area contributed by atoms with Crippen molar-refractivity contribution in [3.8, 4) is 0 Å². The van der Waals surface area contributed by atoms with E-state index in [0.717, 1.165) is 12.0 Å². The highest BCUT2D eigenvalue weighted by Crippen LogP contribution is 2.23. The number of carbonyl (C=O) groups is 2. The summed E-state index contributed by atoms with van der Waals surface area (Å²) in [6.45, 7) is 0.876. The number of hydrogen-bond donors (Lipinski definition) is 0. The highest BCUT2D eigenvalue weighted by atomic mass is 35.5. The molecule has 0 N–H and O–H groups in total. The second-order valence-electron chi connectivity index (χ2n) is 5.54. The standard InChI is InChI=1S/C18H15Cl2NO3/c19-15-6-5-13(9-16(15)20)18(23)24-11-17(22)21-8-7-12-3-1-2-4-14(12)10-21/h1-6,9H,7-8,10-11H2. The number of amides is 1. The predicted molar refractivity (Wildman–Crippen MR) is 92.3 cm³/mol. The molecule has 0 radical (unpaired) electrons. The van der Waals surface area contributed by atoms with Crippen molar-refractivity contribution < 1.29 is 14.3 Å². The number of benzene rings is 2. The van der Waals surface area contributed by atoms with E-state index in [1.165, 1.54) is 23.8 Å². The molecule has 0 saturated heterocycles. The topological polar surface area (TPSA) is 46.6 Å². The predicted octanol–water partition coefficient (Wildman–Crippen LogP) is 3.74. The van der Waals surface area contributed by atoms with E-state index in [4.69, 9.17) is 27.9 Å². The molecular weight excluding hydrogens is 349 g/mol. The minimum absolute atomic E-state index is 0.210. The van der Waals surface area contributed by atoms with Crippen LogP contribution in [0.25, 0.3) is 0 Å². The number of halogens is 2. The van der Waals surface area contributed by atoms with Crippen molar-refractivity contribution in [1.29, 1.82) is 0 Å². The number of carbonyl (C=O) groups excluding carboxylic acids is 2. The van der Waals surface area contributed by atoms with Gasteiger partial charge >= 0.3 is 5.97 Å². The largest absolute Gasteiger partial charge is 0.452 e. The van der Waals surface area contributed by atoms with Gasteiger partial charge in [-0.2, -0.15) is 0 Å². The Bertz CT molecular complexity index is 792. The van der Waals surface area contributed by atoms with Crippen LogP contribution in [0.5, 0.6) is 0 Å². The van der Waals surface area contributed by atoms with Gasteiger partial charge in [0, 0.05) is 13.1 Å². The van der Waals surface area contributed by atoms with Gasteiger partial charge in [-0.05, 0) is 35.7 Å². The summed E-state index contributed by atoms with van der Waals surface area (Å²) < 4.78 is 5.09. The zero-order valence-corrected chi connectivity index (χ0v) is 14.3. The van der Waals surface area contributed by atoms with Crippen LogP contribution in [0, 0.1) is 0 Å². The smallest absolute Gasteiger partial charge is 0.338 e.